The van der Waals surface area contributed by atoms with Crippen LogP contribution < -0.4 is 5.32 Å². The molecule has 4 aromatic rings. The molecule has 3 atom stereocenters. The highest BCUT2D eigenvalue weighted by atomic mass is 19.1. The Morgan fingerprint density at radius 3 is 2.74 bits per heavy atom. The van der Waals surface area contributed by atoms with Gasteiger partial charge in [0.05, 0.1) is 11.3 Å². The molecule has 5 nitrogen and oxygen atoms in total. The monoisotopic (exact) mass is 416 g/mol. The Bertz CT molecular complexity index is 1440. The molecule has 0 bridgehead atoms. The van der Waals surface area contributed by atoms with Gasteiger partial charge in [0, 0.05) is 35.5 Å². The summed E-state index contributed by atoms with van der Waals surface area (Å²) in [6, 6.07) is 5.58. The van der Waals surface area contributed by atoms with Crippen LogP contribution in [0.5, 0.6) is 5.75 Å². The average molecular weight is 416 g/mol. The summed E-state index contributed by atoms with van der Waals surface area (Å²) in [5.74, 6) is 2.52. The molecule has 1 aliphatic carbocycles. The minimum absolute atomic E-state index is 0.00251. The number of nitrogens with one attached hydrogen (secondary N) is 1. The molecule has 1 unspecified atom stereocenters. The second-order valence-electron chi connectivity index (χ2n) is 8.36. The number of hydrogen-bond donors (Lipinski definition) is 2. The number of halogens is 2. The lowest BCUT2D eigenvalue weighted by Crippen LogP contribution is -2.14. The smallest absolute Gasteiger partial charge is 0.175 e. The molecule has 0 amide bonds. The molecule has 0 radical (unpaired) electrons. The maximum Gasteiger partial charge on any atom is 0.175 e. The van der Waals surface area contributed by atoms with Crippen LogP contribution in [-0.2, 0) is 7.05 Å². The first-order chi connectivity index (χ1) is 15.0. The van der Waals surface area contributed by atoms with Crippen LogP contribution in [0.15, 0.2) is 30.5 Å². The van der Waals surface area contributed by atoms with Gasteiger partial charge >= 0.3 is 0 Å². The number of pyridine rings is 1. The normalized spacial score (nSPS) is 22.1. The van der Waals surface area contributed by atoms with E-state index in [9.17, 15) is 9.50 Å². The Morgan fingerprint density at radius 2 is 2.00 bits per heavy atom. The second kappa shape index (κ2) is 6.25. The average Bonchev–Trinajstić information content (AvgIpc) is 3.07. The molecule has 2 fully saturated rings. The summed E-state index contributed by atoms with van der Waals surface area (Å²) in [5.41, 5.74) is 1.48. The van der Waals surface area contributed by atoms with Gasteiger partial charge in [-0.05, 0) is 48.5 Å². The van der Waals surface area contributed by atoms with E-state index in [1.165, 1.54) is 24.3 Å². The second-order valence-corrected chi connectivity index (χ2v) is 8.36. The van der Waals surface area contributed by atoms with Crippen LogP contribution in [0, 0.1) is 35.8 Å². The van der Waals surface area contributed by atoms with Crippen molar-refractivity contribution in [1.82, 2.24) is 20.1 Å². The predicted octanol–water partition coefficient (Wildman–Crippen LogP) is 3.69. The van der Waals surface area contributed by atoms with Crippen molar-refractivity contribution < 1.29 is 13.9 Å². The molecule has 2 aliphatic rings. The van der Waals surface area contributed by atoms with Gasteiger partial charge in [-0.15, -0.1) is 6.42 Å². The van der Waals surface area contributed by atoms with Crippen molar-refractivity contribution in [2.45, 2.75) is 5.92 Å². The number of nitrogens with zero attached hydrogens (tertiary/aromatic N) is 3. The van der Waals surface area contributed by atoms with E-state index in [0.717, 1.165) is 18.8 Å². The maximum atomic E-state index is 15.8. The summed E-state index contributed by atoms with van der Waals surface area (Å²) < 4.78 is 31.8. The molecule has 31 heavy (non-hydrogen) atoms. The minimum Gasteiger partial charge on any atom is -0.508 e. The number of terminal acetylenes is 1. The van der Waals surface area contributed by atoms with Crippen LogP contribution in [0.1, 0.15) is 17.2 Å². The first-order valence-electron chi connectivity index (χ1n) is 10.1. The van der Waals surface area contributed by atoms with Crippen LogP contribution in [0.25, 0.3) is 32.9 Å². The highest BCUT2D eigenvalue weighted by molar-refractivity contribution is 6.02. The van der Waals surface area contributed by atoms with Crippen molar-refractivity contribution >= 4 is 21.7 Å². The number of aryl methyl sites for hydroxylation is 1. The molecule has 154 valence electrons. The van der Waals surface area contributed by atoms with E-state index in [1.54, 1.807) is 17.9 Å². The Balaban J connectivity index is 1.61. The lowest BCUT2D eigenvalue weighted by Gasteiger charge is -2.12. The van der Waals surface area contributed by atoms with Crippen LogP contribution in [0.2, 0.25) is 0 Å². The van der Waals surface area contributed by atoms with Crippen molar-refractivity contribution in [3.05, 3.63) is 53.4 Å². The maximum absolute atomic E-state index is 15.8. The Labute approximate surface area is 176 Å². The van der Waals surface area contributed by atoms with Crippen molar-refractivity contribution in [2.24, 2.45) is 18.9 Å². The standard InChI is InChI=1S/C24H18F2N4O/c1-3-13-18(25)5-4-11-6-12(31)7-14(19(11)13)23-21(26)24-17(10-28-23)22(29-30(24)2)20-15-8-27-9-16(15)20/h1,4-7,10,15-16,20,27,31H,8-9H2,2H3/t15-,16+,20?. The van der Waals surface area contributed by atoms with E-state index in [4.69, 9.17) is 6.42 Å². The molecule has 2 aromatic heterocycles. The minimum atomic E-state index is -0.583. The van der Waals surface area contributed by atoms with E-state index in [0.29, 0.717) is 39.4 Å². The Kier molecular flexibility index (Phi) is 3.69. The first kappa shape index (κ1) is 18.3. The van der Waals surface area contributed by atoms with Crippen molar-refractivity contribution in [1.29, 1.82) is 0 Å². The lowest BCUT2D eigenvalue weighted by atomic mass is 9.95. The number of aromatic hydroxyl groups is 1. The molecule has 1 saturated heterocycles. The molecule has 6 rings (SSSR count). The van der Waals surface area contributed by atoms with Gasteiger partial charge in [-0.25, -0.2) is 8.78 Å². The van der Waals surface area contributed by atoms with Crippen molar-refractivity contribution in [3.8, 4) is 29.4 Å². The topological polar surface area (TPSA) is 63.0 Å². The summed E-state index contributed by atoms with van der Waals surface area (Å²) in [6.45, 7) is 1.91. The van der Waals surface area contributed by atoms with Gasteiger partial charge in [0.25, 0.3) is 0 Å². The first-order valence-corrected chi connectivity index (χ1v) is 10.1. The van der Waals surface area contributed by atoms with Crippen LogP contribution in [0.4, 0.5) is 8.78 Å². The van der Waals surface area contributed by atoms with Gasteiger partial charge in [-0.2, -0.15) is 5.10 Å². The summed E-state index contributed by atoms with van der Waals surface area (Å²) in [7, 11) is 1.71. The fourth-order valence-corrected chi connectivity index (χ4v) is 5.26. The summed E-state index contributed by atoms with van der Waals surface area (Å²) in [5, 5.41) is 19.8. The quantitative estimate of drug-likeness (QED) is 0.490. The molecular formula is C24H18F2N4O. The van der Waals surface area contributed by atoms with Crippen LogP contribution >= 0.6 is 0 Å². The third-order valence-corrected chi connectivity index (χ3v) is 6.71. The third kappa shape index (κ3) is 2.45. The molecule has 2 N–H and O–H groups in total. The highest BCUT2D eigenvalue weighted by Gasteiger charge is 2.55. The summed E-state index contributed by atoms with van der Waals surface area (Å²) >= 11 is 0. The summed E-state index contributed by atoms with van der Waals surface area (Å²) in [6.07, 6.45) is 7.18. The predicted molar refractivity (Wildman–Crippen MR) is 114 cm³/mol. The number of fused-ring (bicyclic) bond motifs is 3. The molecule has 1 aliphatic heterocycles. The van der Waals surface area contributed by atoms with Crippen molar-refractivity contribution in [2.75, 3.05) is 13.1 Å². The fourth-order valence-electron chi connectivity index (χ4n) is 5.26. The fraction of sp³-hybridized carbons (Fsp3) is 0.250. The zero-order valence-electron chi connectivity index (χ0n) is 16.7. The van der Waals surface area contributed by atoms with E-state index in [2.05, 4.69) is 21.3 Å². The molecular weight excluding hydrogens is 398 g/mol. The molecule has 1 saturated carbocycles. The van der Waals surface area contributed by atoms with Gasteiger partial charge in [0.15, 0.2) is 5.82 Å². The number of rotatable bonds is 2. The SMILES string of the molecule is C#Cc1c(F)ccc2cc(O)cc(-c3ncc4c(C5[C@H]6CNC[C@@H]56)nn(C)c4c3F)c12. The molecule has 2 aromatic carbocycles. The van der Waals surface area contributed by atoms with Gasteiger partial charge in [0.2, 0.25) is 0 Å². The number of phenolic OH excluding ortho intramolecular Hbond substituents is 1. The van der Waals surface area contributed by atoms with E-state index in [-0.39, 0.29) is 22.6 Å². The third-order valence-electron chi connectivity index (χ3n) is 6.71. The number of aromatic nitrogens is 3. The largest absolute Gasteiger partial charge is 0.508 e. The van der Waals surface area contributed by atoms with E-state index >= 15 is 4.39 Å². The zero-order chi connectivity index (χ0) is 21.4. The van der Waals surface area contributed by atoms with E-state index < -0.39 is 11.6 Å². The van der Waals surface area contributed by atoms with E-state index in [1.807, 2.05) is 0 Å². The Morgan fingerprint density at radius 1 is 1.23 bits per heavy atom. The number of hydrogen-bond acceptors (Lipinski definition) is 4. The van der Waals surface area contributed by atoms with Gasteiger partial charge < -0.3 is 10.4 Å². The van der Waals surface area contributed by atoms with Crippen LogP contribution in [-0.4, -0.2) is 33.0 Å². The highest BCUT2D eigenvalue weighted by Crippen LogP contribution is 2.56. The van der Waals surface area contributed by atoms with Crippen molar-refractivity contribution in [3.63, 3.8) is 0 Å². The van der Waals surface area contributed by atoms with Gasteiger partial charge in [0.1, 0.15) is 22.8 Å². The molecule has 0 spiro atoms. The van der Waals surface area contributed by atoms with Gasteiger partial charge in [-0.1, -0.05) is 12.0 Å². The number of piperidine rings is 1. The summed E-state index contributed by atoms with van der Waals surface area (Å²) in [4.78, 5) is 4.40. The molecule has 3 heterocycles. The van der Waals surface area contributed by atoms with Crippen LogP contribution in [0.3, 0.4) is 0 Å². The lowest BCUT2D eigenvalue weighted by molar-refractivity contribution is 0.476. The Hall–Kier alpha value is -3.50. The van der Waals surface area contributed by atoms with Gasteiger partial charge in [-0.3, -0.25) is 9.67 Å². The zero-order valence-corrected chi connectivity index (χ0v) is 16.7. The molecule has 7 heteroatoms. The number of phenols is 1. The number of benzene rings is 2.